The molecular formula is C16H32O3. The van der Waals surface area contributed by atoms with E-state index < -0.39 is 0 Å². The maximum Gasteiger partial charge on any atom is 0.0704 e. The minimum atomic E-state index is 0.368. The molecule has 0 amide bonds. The Morgan fingerprint density at radius 1 is 0.632 bits per heavy atom. The Balaban J connectivity index is 2.34. The van der Waals surface area contributed by atoms with Gasteiger partial charge in [-0.1, -0.05) is 34.6 Å². The molecule has 0 N–H and O–H groups in total. The number of hydrogen-bond acceptors (Lipinski definition) is 3. The van der Waals surface area contributed by atoms with Crippen LogP contribution in [0.4, 0.5) is 0 Å². The Labute approximate surface area is 119 Å². The van der Waals surface area contributed by atoms with Gasteiger partial charge >= 0.3 is 0 Å². The maximum absolute atomic E-state index is 6.11. The highest BCUT2D eigenvalue weighted by molar-refractivity contribution is 4.90. The highest BCUT2D eigenvalue weighted by Gasteiger charge is 2.41. The normalized spacial score (nSPS) is 39.5. The smallest absolute Gasteiger partial charge is 0.0704 e. The van der Waals surface area contributed by atoms with E-state index in [1.54, 1.807) is 7.11 Å². The Morgan fingerprint density at radius 2 is 1.11 bits per heavy atom. The average molecular weight is 272 g/mol. The lowest BCUT2D eigenvalue weighted by atomic mass is 9.63. The van der Waals surface area contributed by atoms with Crippen molar-refractivity contribution in [2.75, 3.05) is 33.5 Å². The van der Waals surface area contributed by atoms with Crippen LogP contribution in [0.2, 0.25) is 0 Å². The topological polar surface area (TPSA) is 27.7 Å². The van der Waals surface area contributed by atoms with Crippen molar-refractivity contribution in [3.63, 3.8) is 0 Å². The van der Waals surface area contributed by atoms with Crippen LogP contribution < -0.4 is 0 Å². The van der Waals surface area contributed by atoms with E-state index in [-0.39, 0.29) is 0 Å². The second-order valence-corrected chi connectivity index (χ2v) is 6.24. The van der Waals surface area contributed by atoms with Gasteiger partial charge in [-0.3, -0.25) is 0 Å². The SMILES string of the molecule is COCCOCCOC1C(C)[C@H](C)[C@H](C)C(C)[C@@H]1C. The van der Waals surface area contributed by atoms with Gasteiger partial charge in [-0.15, -0.1) is 0 Å². The van der Waals surface area contributed by atoms with Gasteiger partial charge in [0.15, 0.2) is 0 Å². The first-order valence-corrected chi connectivity index (χ1v) is 7.69. The van der Waals surface area contributed by atoms with Crippen molar-refractivity contribution in [1.82, 2.24) is 0 Å². The van der Waals surface area contributed by atoms with Crippen molar-refractivity contribution in [1.29, 1.82) is 0 Å². The van der Waals surface area contributed by atoms with E-state index in [1.807, 2.05) is 0 Å². The zero-order valence-corrected chi connectivity index (χ0v) is 13.5. The molecule has 19 heavy (non-hydrogen) atoms. The second-order valence-electron chi connectivity index (χ2n) is 6.24. The van der Waals surface area contributed by atoms with Crippen LogP contribution in [0.3, 0.4) is 0 Å². The van der Waals surface area contributed by atoms with Gasteiger partial charge in [0.05, 0.1) is 32.5 Å². The minimum absolute atomic E-state index is 0.368. The van der Waals surface area contributed by atoms with E-state index in [2.05, 4.69) is 34.6 Å². The molecule has 3 unspecified atom stereocenters. The van der Waals surface area contributed by atoms with Crippen LogP contribution in [-0.2, 0) is 14.2 Å². The summed E-state index contributed by atoms with van der Waals surface area (Å²) in [6, 6.07) is 0. The third kappa shape index (κ3) is 4.44. The quantitative estimate of drug-likeness (QED) is 0.666. The monoisotopic (exact) mass is 272 g/mol. The Morgan fingerprint density at radius 3 is 1.63 bits per heavy atom. The summed E-state index contributed by atoms with van der Waals surface area (Å²) in [4.78, 5) is 0. The maximum atomic E-state index is 6.11. The lowest BCUT2D eigenvalue weighted by Crippen LogP contribution is -2.46. The molecule has 0 radical (unpaired) electrons. The van der Waals surface area contributed by atoms with Crippen LogP contribution in [0.15, 0.2) is 0 Å². The largest absolute Gasteiger partial charge is 0.382 e. The first-order chi connectivity index (χ1) is 9.00. The van der Waals surface area contributed by atoms with E-state index in [1.165, 1.54) is 0 Å². The highest BCUT2D eigenvalue weighted by Crippen LogP contribution is 2.42. The van der Waals surface area contributed by atoms with Gasteiger partial charge in [0, 0.05) is 7.11 Å². The van der Waals surface area contributed by atoms with Crippen LogP contribution in [0, 0.1) is 29.6 Å². The number of ether oxygens (including phenoxy) is 3. The summed E-state index contributed by atoms with van der Waals surface area (Å²) < 4.78 is 16.5. The zero-order valence-electron chi connectivity index (χ0n) is 13.5. The average Bonchev–Trinajstić information content (AvgIpc) is 2.41. The first-order valence-electron chi connectivity index (χ1n) is 7.69. The van der Waals surface area contributed by atoms with Gasteiger partial charge in [0.25, 0.3) is 0 Å². The number of methoxy groups -OCH3 is 1. The summed E-state index contributed by atoms with van der Waals surface area (Å²) >= 11 is 0. The van der Waals surface area contributed by atoms with E-state index in [9.17, 15) is 0 Å². The van der Waals surface area contributed by atoms with Gasteiger partial charge in [-0.05, 0) is 29.6 Å². The number of rotatable bonds is 7. The van der Waals surface area contributed by atoms with Gasteiger partial charge in [-0.25, -0.2) is 0 Å². The lowest BCUT2D eigenvalue weighted by molar-refractivity contribution is -0.107. The second kappa shape index (κ2) is 8.23. The first kappa shape index (κ1) is 16.9. The zero-order chi connectivity index (χ0) is 14.4. The van der Waals surface area contributed by atoms with Crippen molar-refractivity contribution in [2.24, 2.45) is 29.6 Å². The summed E-state index contributed by atoms with van der Waals surface area (Å²) in [6.45, 7) is 14.4. The standard InChI is InChI=1S/C16H32O3/c1-11-12(2)14(4)16(15(5)13(11)3)19-10-9-18-8-7-17-6/h11-16H,7-10H2,1-6H3/t11-,12+,13?,14?,15-,16?/m0/s1. The third-order valence-corrected chi connectivity index (χ3v) is 5.32. The summed E-state index contributed by atoms with van der Waals surface area (Å²) in [6.07, 6.45) is 0.368. The van der Waals surface area contributed by atoms with Gasteiger partial charge < -0.3 is 14.2 Å². The summed E-state index contributed by atoms with van der Waals surface area (Å²) in [7, 11) is 1.69. The molecule has 1 rings (SSSR count). The fourth-order valence-corrected chi connectivity index (χ4v) is 3.30. The predicted molar refractivity (Wildman–Crippen MR) is 78.3 cm³/mol. The molecule has 0 saturated heterocycles. The minimum Gasteiger partial charge on any atom is -0.382 e. The van der Waals surface area contributed by atoms with E-state index >= 15 is 0 Å². The molecule has 1 saturated carbocycles. The molecule has 114 valence electrons. The van der Waals surface area contributed by atoms with E-state index in [0.29, 0.717) is 44.4 Å². The third-order valence-electron chi connectivity index (χ3n) is 5.32. The summed E-state index contributed by atoms with van der Waals surface area (Å²) in [5.41, 5.74) is 0. The van der Waals surface area contributed by atoms with Gasteiger partial charge in [-0.2, -0.15) is 0 Å². The number of hydrogen-bond donors (Lipinski definition) is 0. The predicted octanol–water partition coefficient (Wildman–Crippen LogP) is 3.23. The molecule has 0 bridgehead atoms. The van der Waals surface area contributed by atoms with E-state index in [4.69, 9.17) is 14.2 Å². The molecule has 0 heterocycles. The summed E-state index contributed by atoms with van der Waals surface area (Å²) in [5.74, 6) is 3.49. The highest BCUT2D eigenvalue weighted by atomic mass is 16.5. The fraction of sp³-hybridized carbons (Fsp3) is 1.00. The van der Waals surface area contributed by atoms with E-state index in [0.717, 1.165) is 17.8 Å². The molecule has 0 aliphatic heterocycles. The Bertz CT molecular complexity index is 228. The van der Waals surface area contributed by atoms with Crippen molar-refractivity contribution >= 4 is 0 Å². The van der Waals surface area contributed by atoms with Crippen molar-refractivity contribution in [3.8, 4) is 0 Å². The molecular weight excluding hydrogens is 240 g/mol. The lowest BCUT2D eigenvalue weighted by Gasteiger charge is -2.46. The Kier molecular flexibility index (Phi) is 7.33. The molecule has 0 aromatic rings. The van der Waals surface area contributed by atoms with Crippen LogP contribution >= 0.6 is 0 Å². The molecule has 1 fully saturated rings. The van der Waals surface area contributed by atoms with Crippen molar-refractivity contribution in [2.45, 2.75) is 40.7 Å². The van der Waals surface area contributed by atoms with Gasteiger partial charge in [0.1, 0.15) is 0 Å². The van der Waals surface area contributed by atoms with Crippen LogP contribution in [-0.4, -0.2) is 39.6 Å². The van der Waals surface area contributed by atoms with Crippen molar-refractivity contribution in [3.05, 3.63) is 0 Å². The molecule has 1 aliphatic rings. The summed E-state index contributed by atoms with van der Waals surface area (Å²) in [5, 5.41) is 0. The fourth-order valence-electron chi connectivity index (χ4n) is 3.30. The molecule has 3 nitrogen and oxygen atoms in total. The van der Waals surface area contributed by atoms with Gasteiger partial charge in [0.2, 0.25) is 0 Å². The van der Waals surface area contributed by atoms with Crippen LogP contribution in [0.1, 0.15) is 34.6 Å². The van der Waals surface area contributed by atoms with Crippen LogP contribution in [0.5, 0.6) is 0 Å². The molecule has 1 aliphatic carbocycles. The molecule has 0 aromatic carbocycles. The molecule has 3 heteroatoms. The van der Waals surface area contributed by atoms with Crippen LogP contribution in [0.25, 0.3) is 0 Å². The van der Waals surface area contributed by atoms with Crippen molar-refractivity contribution < 1.29 is 14.2 Å². The molecule has 0 spiro atoms. The molecule has 0 aromatic heterocycles. The Hall–Kier alpha value is -0.120. The molecule has 6 atom stereocenters.